The van der Waals surface area contributed by atoms with Crippen LogP contribution in [0.15, 0.2) is 24.3 Å². The van der Waals surface area contributed by atoms with Crippen molar-refractivity contribution in [3.8, 4) is 5.75 Å². The van der Waals surface area contributed by atoms with Crippen molar-refractivity contribution in [3.63, 3.8) is 0 Å². The van der Waals surface area contributed by atoms with Gasteiger partial charge in [-0.05, 0) is 56.0 Å². The molecule has 1 aromatic carbocycles. The van der Waals surface area contributed by atoms with E-state index in [1.54, 1.807) is 19.2 Å². The summed E-state index contributed by atoms with van der Waals surface area (Å²) in [6, 6.07) is 7.44. The number of carbonyl (C=O) groups excluding carboxylic acids is 1. The molecule has 23 heavy (non-hydrogen) atoms. The Bertz CT molecular complexity index is 468. The molecule has 0 radical (unpaired) electrons. The van der Waals surface area contributed by atoms with Gasteiger partial charge >= 0.3 is 0 Å². The fourth-order valence-corrected chi connectivity index (χ4v) is 3.01. The zero-order chi connectivity index (χ0) is 16.5. The van der Waals surface area contributed by atoms with Crippen LogP contribution in [0.5, 0.6) is 5.75 Å². The van der Waals surface area contributed by atoms with E-state index in [0.29, 0.717) is 31.2 Å². The zero-order valence-electron chi connectivity index (χ0n) is 14.0. The van der Waals surface area contributed by atoms with Crippen LogP contribution >= 0.6 is 0 Å². The second kappa shape index (κ2) is 9.53. The molecule has 1 aromatic rings. The van der Waals surface area contributed by atoms with Gasteiger partial charge in [-0.3, -0.25) is 9.69 Å². The van der Waals surface area contributed by atoms with Gasteiger partial charge in [0, 0.05) is 26.6 Å². The number of likely N-dealkylation sites (tertiary alicyclic amines) is 1. The van der Waals surface area contributed by atoms with Gasteiger partial charge in [0.25, 0.3) is 0 Å². The quantitative estimate of drug-likeness (QED) is 0.721. The molecule has 0 atom stereocenters. The molecule has 128 valence electrons. The van der Waals surface area contributed by atoms with Crippen molar-refractivity contribution in [2.24, 2.45) is 5.92 Å². The fourth-order valence-electron chi connectivity index (χ4n) is 3.01. The fraction of sp³-hybridized carbons (Fsp3) is 0.611. The molecule has 1 aliphatic heterocycles. The smallest absolute Gasteiger partial charge is 0.220 e. The van der Waals surface area contributed by atoms with Crippen LogP contribution in [0, 0.1) is 5.92 Å². The SMILES string of the molecule is COCCNC(=O)CCC1CCN(Cc2ccc(O)cc2)CC1. The number of phenolic OH excluding ortho intramolecular Hbond substituents is 1. The molecule has 0 spiro atoms. The maximum Gasteiger partial charge on any atom is 0.220 e. The predicted octanol–water partition coefficient (Wildman–Crippen LogP) is 2.15. The molecule has 0 unspecified atom stereocenters. The summed E-state index contributed by atoms with van der Waals surface area (Å²) >= 11 is 0. The first-order valence-corrected chi connectivity index (χ1v) is 8.43. The topological polar surface area (TPSA) is 61.8 Å². The molecule has 2 rings (SSSR count). The van der Waals surface area contributed by atoms with Crippen molar-refractivity contribution in [1.82, 2.24) is 10.2 Å². The molecule has 1 heterocycles. The Balaban J connectivity index is 1.62. The maximum absolute atomic E-state index is 11.7. The Morgan fingerprint density at radius 1 is 1.30 bits per heavy atom. The molecule has 0 saturated carbocycles. The van der Waals surface area contributed by atoms with E-state index in [1.165, 1.54) is 5.56 Å². The molecule has 2 N–H and O–H groups in total. The molecule has 5 heteroatoms. The number of aromatic hydroxyl groups is 1. The van der Waals surface area contributed by atoms with E-state index in [9.17, 15) is 9.90 Å². The second-order valence-corrected chi connectivity index (χ2v) is 6.27. The maximum atomic E-state index is 11.7. The number of nitrogens with zero attached hydrogens (tertiary/aromatic N) is 1. The third-order valence-electron chi connectivity index (χ3n) is 4.46. The highest BCUT2D eigenvalue weighted by Crippen LogP contribution is 2.23. The van der Waals surface area contributed by atoms with Crippen LogP contribution in [0.3, 0.4) is 0 Å². The average Bonchev–Trinajstić information content (AvgIpc) is 2.57. The summed E-state index contributed by atoms with van der Waals surface area (Å²) < 4.78 is 4.92. The van der Waals surface area contributed by atoms with Gasteiger partial charge in [0.1, 0.15) is 5.75 Å². The zero-order valence-corrected chi connectivity index (χ0v) is 14.0. The van der Waals surface area contributed by atoms with Crippen LogP contribution in [0.4, 0.5) is 0 Å². The lowest BCUT2D eigenvalue weighted by Crippen LogP contribution is -2.34. The van der Waals surface area contributed by atoms with Crippen molar-refractivity contribution < 1.29 is 14.6 Å². The van der Waals surface area contributed by atoms with E-state index in [1.807, 2.05) is 12.1 Å². The summed E-state index contributed by atoms with van der Waals surface area (Å²) in [5, 5.41) is 12.2. The first-order chi connectivity index (χ1) is 11.2. The van der Waals surface area contributed by atoms with E-state index in [0.717, 1.165) is 38.9 Å². The van der Waals surface area contributed by atoms with E-state index >= 15 is 0 Å². The van der Waals surface area contributed by atoms with Gasteiger partial charge in [-0.2, -0.15) is 0 Å². The van der Waals surface area contributed by atoms with E-state index in [-0.39, 0.29) is 5.91 Å². The standard InChI is InChI=1S/C18H28N2O3/c1-23-13-10-19-18(22)7-4-15-8-11-20(12-9-15)14-16-2-5-17(21)6-3-16/h2-3,5-6,15,21H,4,7-14H2,1H3,(H,19,22). The monoisotopic (exact) mass is 320 g/mol. The molecule has 1 saturated heterocycles. The summed E-state index contributed by atoms with van der Waals surface area (Å²) in [5.41, 5.74) is 1.23. The summed E-state index contributed by atoms with van der Waals surface area (Å²) in [4.78, 5) is 14.1. The molecule has 1 fully saturated rings. The van der Waals surface area contributed by atoms with Gasteiger partial charge in [-0.1, -0.05) is 12.1 Å². The molecule has 0 bridgehead atoms. The van der Waals surface area contributed by atoms with Crippen molar-refractivity contribution in [2.45, 2.75) is 32.2 Å². The Morgan fingerprint density at radius 2 is 2.00 bits per heavy atom. The number of methoxy groups -OCH3 is 1. The molecule has 0 aliphatic carbocycles. The Hall–Kier alpha value is -1.59. The summed E-state index contributed by atoms with van der Waals surface area (Å²) in [7, 11) is 1.64. The van der Waals surface area contributed by atoms with Crippen molar-refractivity contribution in [3.05, 3.63) is 29.8 Å². The predicted molar refractivity (Wildman–Crippen MR) is 90.2 cm³/mol. The number of rotatable bonds is 8. The molecular weight excluding hydrogens is 292 g/mol. The number of benzene rings is 1. The number of piperidine rings is 1. The Kier molecular flexibility index (Phi) is 7.36. The molecular formula is C18H28N2O3. The van der Waals surface area contributed by atoms with Gasteiger partial charge in [0.15, 0.2) is 0 Å². The van der Waals surface area contributed by atoms with Gasteiger partial charge < -0.3 is 15.2 Å². The lowest BCUT2D eigenvalue weighted by atomic mass is 9.92. The van der Waals surface area contributed by atoms with Gasteiger partial charge in [-0.25, -0.2) is 0 Å². The summed E-state index contributed by atoms with van der Waals surface area (Å²) in [6.07, 6.45) is 3.91. The number of phenols is 1. The highest BCUT2D eigenvalue weighted by Gasteiger charge is 2.19. The van der Waals surface area contributed by atoms with E-state index in [2.05, 4.69) is 10.2 Å². The number of carbonyl (C=O) groups is 1. The minimum absolute atomic E-state index is 0.133. The third-order valence-corrected chi connectivity index (χ3v) is 4.46. The molecule has 1 aliphatic rings. The number of amides is 1. The van der Waals surface area contributed by atoms with Gasteiger partial charge in [0.2, 0.25) is 5.91 Å². The lowest BCUT2D eigenvalue weighted by Gasteiger charge is -2.32. The minimum Gasteiger partial charge on any atom is -0.508 e. The molecule has 1 amide bonds. The Morgan fingerprint density at radius 3 is 2.65 bits per heavy atom. The van der Waals surface area contributed by atoms with Crippen LogP contribution in [0.1, 0.15) is 31.2 Å². The number of hydrogen-bond donors (Lipinski definition) is 2. The van der Waals surface area contributed by atoms with Gasteiger partial charge in [-0.15, -0.1) is 0 Å². The van der Waals surface area contributed by atoms with Gasteiger partial charge in [0.05, 0.1) is 6.61 Å². The molecule has 5 nitrogen and oxygen atoms in total. The first kappa shape index (κ1) is 17.8. The van der Waals surface area contributed by atoms with Crippen LogP contribution in [0.2, 0.25) is 0 Å². The highest BCUT2D eigenvalue weighted by atomic mass is 16.5. The van der Waals surface area contributed by atoms with Crippen molar-refractivity contribution in [2.75, 3.05) is 33.4 Å². The van der Waals surface area contributed by atoms with Crippen LogP contribution in [-0.2, 0) is 16.1 Å². The Labute approximate surface area is 138 Å². The highest BCUT2D eigenvalue weighted by molar-refractivity contribution is 5.75. The number of ether oxygens (including phenoxy) is 1. The molecule has 0 aromatic heterocycles. The second-order valence-electron chi connectivity index (χ2n) is 6.27. The third kappa shape index (κ3) is 6.59. The van der Waals surface area contributed by atoms with E-state index in [4.69, 9.17) is 4.74 Å². The van der Waals surface area contributed by atoms with Crippen LogP contribution in [0.25, 0.3) is 0 Å². The van der Waals surface area contributed by atoms with Crippen LogP contribution < -0.4 is 5.32 Å². The largest absolute Gasteiger partial charge is 0.508 e. The van der Waals surface area contributed by atoms with Crippen molar-refractivity contribution in [1.29, 1.82) is 0 Å². The number of hydrogen-bond acceptors (Lipinski definition) is 4. The average molecular weight is 320 g/mol. The van der Waals surface area contributed by atoms with E-state index < -0.39 is 0 Å². The lowest BCUT2D eigenvalue weighted by molar-refractivity contribution is -0.121. The first-order valence-electron chi connectivity index (χ1n) is 8.43. The van der Waals surface area contributed by atoms with Crippen molar-refractivity contribution >= 4 is 5.91 Å². The minimum atomic E-state index is 0.133. The normalized spacial score (nSPS) is 16.4. The summed E-state index contributed by atoms with van der Waals surface area (Å²) in [5.74, 6) is 1.10. The summed E-state index contributed by atoms with van der Waals surface area (Å²) in [6.45, 7) is 4.26. The number of nitrogens with one attached hydrogen (secondary N) is 1. The van der Waals surface area contributed by atoms with Crippen LogP contribution in [-0.4, -0.2) is 49.3 Å².